The van der Waals surface area contributed by atoms with Gasteiger partial charge in [0.2, 0.25) is 5.88 Å². The zero-order chi connectivity index (χ0) is 18.4. The van der Waals surface area contributed by atoms with E-state index in [-0.39, 0.29) is 18.1 Å². The largest absolute Gasteiger partial charge is 0.486 e. The molecular formula is C19H23N3O4. The predicted molar refractivity (Wildman–Crippen MR) is 95.5 cm³/mol. The normalized spacial score (nSPS) is 19.6. The van der Waals surface area contributed by atoms with Gasteiger partial charge in [-0.2, -0.15) is 0 Å². The van der Waals surface area contributed by atoms with Crippen molar-refractivity contribution >= 4 is 5.91 Å². The molecule has 26 heavy (non-hydrogen) atoms. The zero-order valence-electron chi connectivity index (χ0n) is 15.0. The Hall–Kier alpha value is -2.67. The second kappa shape index (κ2) is 8.62. The second-order valence-corrected chi connectivity index (χ2v) is 6.02. The molecule has 0 radical (unpaired) electrons. The van der Waals surface area contributed by atoms with Crippen LogP contribution in [-0.2, 0) is 4.74 Å². The van der Waals surface area contributed by atoms with Crippen molar-refractivity contribution in [3.63, 3.8) is 0 Å². The Morgan fingerprint density at radius 3 is 3.00 bits per heavy atom. The Balaban J connectivity index is 1.70. The third-order valence-corrected chi connectivity index (χ3v) is 4.08. The van der Waals surface area contributed by atoms with Crippen LogP contribution in [0.2, 0.25) is 0 Å². The third kappa shape index (κ3) is 4.49. The van der Waals surface area contributed by atoms with Gasteiger partial charge in [0.1, 0.15) is 17.4 Å². The molecule has 0 unspecified atom stereocenters. The Kier molecular flexibility index (Phi) is 6.01. The van der Waals surface area contributed by atoms with Crippen LogP contribution < -0.4 is 14.8 Å². The van der Waals surface area contributed by atoms with Crippen LogP contribution in [0.15, 0.2) is 36.7 Å². The first kappa shape index (κ1) is 18.1. The van der Waals surface area contributed by atoms with Crippen molar-refractivity contribution in [1.82, 2.24) is 15.3 Å². The number of nitrogens with one attached hydrogen (secondary N) is 1. The van der Waals surface area contributed by atoms with E-state index in [2.05, 4.69) is 15.3 Å². The molecule has 1 aliphatic rings. The summed E-state index contributed by atoms with van der Waals surface area (Å²) in [5.41, 5.74) is 1.32. The maximum absolute atomic E-state index is 12.7. The summed E-state index contributed by atoms with van der Waals surface area (Å²) in [5.74, 6) is 0.746. The third-order valence-electron chi connectivity index (χ3n) is 4.08. The smallest absolute Gasteiger partial charge is 0.257 e. The highest BCUT2D eigenvalue weighted by atomic mass is 16.5. The van der Waals surface area contributed by atoms with Gasteiger partial charge in [0.15, 0.2) is 0 Å². The Bertz CT molecular complexity index is 736. The first-order valence-electron chi connectivity index (χ1n) is 8.73. The summed E-state index contributed by atoms with van der Waals surface area (Å²) in [4.78, 5) is 21.1. The van der Waals surface area contributed by atoms with Crippen molar-refractivity contribution in [2.24, 2.45) is 0 Å². The van der Waals surface area contributed by atoms with E-state index in [1.807, 2.05) is 26.0 Å². The maximum Gasteiger partial charge on any atom is 0.257 e. The number of carbonyl (C=O) groups excluding carboxylic acids is 1. The molecule has 3 rings (SSSR count). The molecular weight excluding hydrogens is 334 g/mol. The minimum absolute atomic E-state index is 0.190. The fourth-order valence-electron chi connectivity index (χ4n) is 2.75. The van der Waals surface area contributed by atoms with Crippen LogP contribution in [0.25, 0.3) is 0 Å². The van der Waals surface area contributed by atoms with Gasteiger partial charge in [-0.25, -0.2) is 4.98 Å². The molecule has 138 valence electrons. The highest BCUT2D eigenvalue weighted by Gasteiger charge is 2.30. The number of ether oxygens (including phenoxy) is 3. The Morgan fingerprint density at radius 2 is 2.23 bits per heavy atom. The van der Waals surface area contributed by atoms with Gasteiger partial charge in [-0.05, 0) is 38.1 Å². The van der Waals surface area contributed by atoms with E-state index >= 15 is 0 Å². The van der Waals surface area contributed by atoms with Crippen molar-refractivity contribution in [3.05, 3.63) is 47.9 Å². The molecule has 2 atom stereocenters. The van der Waals surface area contributed by atoms with Crippen molar-refractivity contribution < 1.29 is 19.0 Å². The number of carbonyl (C=O) groups is 1. The van der Waals surface area contributed by atoms with Crippen LogP contribution in [0, 0.1) is 6.92 Å². The molecule has 0 aromatic carbocycles. The van der Waals surface area contributed by atoms with Gasteiger partial charge >= 0.3 is 0 Å². The number of hydrogen-bond donors (Lipinski definition) is 1. The van der Waals surface area contributed by atoms with Gasteiger partial charge in [-0.15, -0.1) is 0 Å². The number of amides is 1. The van der Waals surface area contributed by atoms with Gasteiger partial charge in [0, 0.05) is 18.3 Å². The van der Waals surface area contributed by atoms with Crippen LogP contribution in [0.4, 0.5) is 0 Å². The van der Waals surface area contributed by atoms with Crippen molar-refractivity contribution in [2.45, 2.75) is 32.4 Å². The summed E-state index contributed by atoms with van der Waals surface area (Å²) in [7, 11) is 0. The van der Waals surface area contributed by atoms with Crippen LogP contribution in [0.1, 0.15) is 29.4 Å². The number of aryl methyl sites for hydroxylation is 1. The molecule has 1 amide bonds. The molecule has 2 aromatic heterocycles. The highest BCUT2D eigenvalue weighted by Crippen LogP contribution is 2.19. The quantitative estimate of drug-likeness (QED) is 0.853. The molecule has 0 aliphatic carbocycles. The van der Waals surface area contributed by atoms with E-state index in [0.717, 1.165) is 5.69 Å². The van der Waals surface area contributed by atoms with Crippen molar-refractivity contribution in [2.75, 3.05) is 19.8 Å². The first-order valence-corrected chi connectivity index (χ1v) is 8.73. The van der Waals surface area contributed by atoms with Crippen LogP contribution in [0.3, 0.4) is 0 Å². The number of rotatable bonds is 6. The lowest BCUT2D eigenvalue weighted by Gasteiger charge is -2.32. The van der Waals surface area contributed by atoms with Crippen LogP contribution in [-0.4, -0.2) is 47.8 Å². The van der Waals surface area contributed by atoms with E-state index in [4.69, 9.17) is 14.2 Å². The summed E-state index contributed by atoms with van der Waals surface area (Å²) in [6.45, 7) is 5.19. The molecule has 1 saturated heterocycles. The molecule has 0 spiro atoms. The molecule has 3 heterocycles. The lowest BCUT2D eigenvalue weighted by molar-refractivity contribution is -0.00306. The SMILES string of the molecule is CCOc1ncccc1C(=O)N[C@@H]1COCC[C@@H]1Oc1ccc(C)nc1. The summed E-state index contributed by atoms with van der Waals surface area (Å²) in [5, 5.41) is 2.99. The van der Waals surface area contributed by atoms with E-state index < -0.39 is 0 Å². The lowest BCUT2D eigenvalue weighted by atomic mass is 10.1. The lowest BCUT2D eigenvalue weighted by Crippen LogP contribution is -2.51. The average Bonchev–Trinajstić information content (AvgIpc) is 2.66. The number of hydrogen-bond acceptors (Lipinski definition) is 6. The summed E-state index contributed by atoms with van der Waals surface area (Å²) < 4.78 is 17.0. The highest BCUT2D eigenvalue weighted by molar-refractivity contribution is 5.96. The number of nitrogens with zero attached hydrogens (tertiary/aromatic N) is 2. The fourth-order valence-corrected chi connectivity index (χ4v) is 2.75. The number of pyridine rings is 2. The standard InChI is InChI=1S/C19H23N3O4/c1-3-25-19-15(5-4-9-20-19)18(23)22-16-12-24-10-8-17(16)26-14-7-6-13(2)21-11-14/h4-7,9,11,16-17H,3,8,10,12H2,1-2H3,(H,22,23)/t16-,17+/m1/s1. The van der Waals surface area contributed by atoms with Gasteiger partial charge in [0.05, 0.1) is 32.1 Å². The minimum atomic E-state index is -0.271. The van der Waals surface area contributed by atoms with E-state index in [9.17, 15) is 4.79 Å². The monoisotopic (exact) mass is 357 g/mol. The molecule has 1 fully saturated rings. The van der Waals surface area contributed by atoms with Crippen LogP contribution >= 0.6 is 0 Å². The molecule has 1 N–H and O–H groups in total. The van der Waals surface area contributed by atoms with Gasteiger partial charge in [-0.1, -0.05) is 0 Å². The maximum atomic E-state index is 12.7. The topological polar surface area (TPSA) is 82.6 Å². The summed E-state index contributed by atoms with van der Waals surface area (Å²) in [6.07, 6.45) is 3.79. The zero-order valence-corrected chi connectivity index (χ0v) is 15.0. The first-order chi connectivity index (χ1) is 12.7. The van der Waals surface area contributed by atoms with E-state index in [0.29, 0.717) is 43.4 Å². The Labute approximate surface area is 152 Å². The molecule has 1 aliphatic heterocycles. The van der Waals surface area contributed by atoms with E-state index in [1.165, 1.54) is 0 Å². The van der Waals surface area contributed by atoms with Crippen molar-refractivity contribution in [1.29, 1.82) is 0 Å². The average molecular weight is 357 g/mol. The Morgan fingerprint density at radius 1 is 1.35 bits per heavy atom. The van der Waals surface area contributed by atoms with Crippen molar-refractivity contribution in [3.8, 4) is 11.6 Å². The molecule has 7 nitrogen and oxygen atoms in total. The molecule has 0 saturated carbocycles. The van der Waals surface area contributed by atoms with Gasteiger partial charge in [0.25, 0.3) is 5.91 Å². The van der Waals surface area contributed by atoms with Crippen LogP contribution in [0.5, 0.6) is 11.6 Å². The van der Waals surface area contributed by atoms with Gasteiger partial charge < -0.3 is 19.5 Å². The summed E-state index contributed by atoms with van der Waals surface area (Å²) >= 11 is 0. The van der Waals surface area contributed by atoms with E-state index in [1.54, 1.807) is 24.5 Å². The minimum Gasteiger partial charge on any atom is -0.486 e. The molecule has 0 bridgehead atoms. The number of aromatic nitrogens is 2. The fraction of sp³-hybridized carbons (Fsp3) is 0.421. The van der Waals surface area contributed by atoms with Gasteiger partial charge in [-0.3, -0.25) is 9.78 Å². The molecule has 2 aromatic rings. The molecule has 7 heteroatoms. The summed E-state index contributed by atoms with van der Waals surface area (Å²) in [6, 6.07) is 6.90. The second-order valence-electron chi connectivity index (χ2n) is 6.02. The predicted octanol–water partition coefficient (Wildman–Crippen LogP) is 2.15.